The molecule has 180 valence electrons. The number of halogens is 1. The Morgan fingerprint density at radius 3 is 2.53 bits per heavy atom. The van der Waals surface area contributed by atoms with Gasteiger partial charge in [0.05, 0.1) is 12.1 Å². The molecule has 0 atom stereocenters. The van der Waals surface area contributed by atoms with Gasteiger partial charge in [-0.15, -0.1) is 11.3 Å². The van der Waals surface area contributed by atoms with Crippen LogP contribution in [0, 0.1) is 0 Å². The van der Waals surface area contributed by atoms with Gasteiger partial charge in [-0.3, -0.25) is 14.2 Å². The maximum atomic E-state index is 13.7. The van der Waals surface area contributed by atoms with Gasteiger partial charge in [0.1, 0.15) is 9.53 Å². The van der Waals surface area contributed by atoms with Crippen molar-refractivity contribution in [3.05, 3.63) is 93.4 Å². The summed E-state index contributed by atoms with van der Waals surface area (Å²) in [5, 5.41) is 2.21. The Morgan fingerprint density at radius 1 is 1.00 bits per heavy atom. The number of thiophene rings is 1. The number of aromatic nitrogens is 3. The predicted molar refractivity (Wildman–Crippen MR) is 147 cm³/mol. The average molecular weight is 533 g/mol. The van der Waals surface area contributed by atoms with Crippen LogP contribution in [0.3, 0.4) is 0 Å². The van der Waals surface area contributed by atoms with E-state index < -0.39 is 0 Å². The number of benzene rings is 2. The molecule has 2 aromatic carbocycles. The quantitative estimate of drug-likeness (QED) is 0.194. The summed E-state index contributed by atoms with van der Waals surface area (Å²) in [7, 11) is 0. The highest BCUT2D eigenvalue weighted by atomic mass is 35.5. The summed E-state index contributed by atoms with van der Waals surface area (Å²) < 4.78 is 2.35. The molecule has 6 nitrogen and oxygen atoms in total. The first kappa shape index (κ1) is 23.2. The average Bonchev–Trinajstić information content (AvgIpc) is 3.50. The summed E-state index contributed by atoms with van der Waals surface area (Å²) in [5.41, 5.74) is 3.64. The highest BCUT2D eigenvalue weighted by Crippen LogP contribution is 2.32. The van der Waals surface area contributed by atoms with Crippen molar-refractivity contribution in [1.82, 2.24) is 14.5 Å². The number of fused-ring (bicyclic) bond motifs is 3. The molecular weight excluding hydrogens is 512 g/mol. The zero-order valence-corrected chi connectivity index (χ0v) is 21.6. The van der Waals surface area contributed by atoms with Crippen LogP contribution < -0.4 is 10.5 Å². The van der Waals surface area contributed by atoms with Crippen molar-refractivity contribution in [2.75, 3.05) is 11.4 Å². The number of carbonyl (C=O) groups excluding carboxylic acids is 1. The van der Waals surface area contributed by atoms with E-state index in [-0.39, 0.29) is 11.5 Å². The first-order valence-corrected chi connectivity index (χ1v) is 13.8. The molecule has 1 aliphatic heterocycles. The van der Waals surface area contributed by atoms with Gasteiger partial charge in [0.2, 0.25) is 5.91 Å². The molecule has 1 saturated heterocycles. The van der Waals surface area contributed by atoms with Crippen LogP contribution in [0.4, 0.5) is 5.69 Å². The van der Waals surface area contributed by atoms with Crippen molar-refractivity contribution in [2.24, 2.45) is 0 Å². The Labute approximate surface area is 220 Å². The van der Waals surface area contributed by atoms with Gasteiger partial charge in [0.25, 0.3) is 5.56 Å². The van der Waals surface area contributed by atoms with Gasteiger partial charge in [0, 0.05) is 41.0 Å². The minimum absolute atomic E-state index is 0.0663. The second-order valence-electron chi connectivity index (χ2n) is 8.65. The summed E-state index contributed by atoms with van der Waals surface area (Å²) in [6.07, 6.45) is 3.26. The zero-order valence-electron chi connectivity index (χ0n) is 19.2. The van der Waals surface area contributed by atoms with E-state index in [2.05, 4.69) is 4.98 Å². The Balaban J connectivity index is 1.35. The third-order valence-electron chi connectivity index (χ3n) is 6.26. The molecule has 5 aromatic rings. The van der Waals surface area contributed by atoms with Crippen LogP contribution in [0.25, 0.3) is 20.4 Å². The van der Waals surface area contributed by atoms with Crippen LogP contribution in [0.1, 0.15) is 24.0 Å². The molecule has 0 saturated carbocycles. The number of nitrogens with zero attached hydrogens (tertiary/aromatic N) is 4. The molecule has 0 spiro atoms. The van der Waals surface area contributed by atoms with Crippen LogP contribution in [0.2, 0.25) is 5.02 Å². The number of anilines is 1. The highest BCUT2D eigenvalue weighted by Gasteiger charge is 2.21. The Kier molecular flexibility index (Phi) is 6.25. The third-order valence-corrected chi connectivity index (χ3v) is 8.65. The van der Waals surface area contributed by atoms with Crippen molar-refractivity contribution in [3.63, 3.8) is 0 Å². The van der Waals surface area contributed by atoms with Crippen LogP contribution in [-0.4, -0.2) is 27.0 Å². The van der Waals surface area contributed by atoms with Gasteiger partial charge in [0.15, 0.2) is 5.16 Å². The van der Waals surface area contributed by atoms with Crippen molar-refractivity contribution in [3.8, 4) is 0 Å². The molecule has 0 unspecified atom stereocenters. The molecule has 4 heterocycles. The van der Waals surface area contributed by atoms with Crippen molar-refractivity contribution in [1.29, 1.82) is 0 Å². The number of hydrogen-bond donors (Lipinski definition) is 0. The second kappa shape index (κ2) is 9.69. The predicted octanol–water partition coefficient (Wildman–Crippen LogP) is 6.13. The van der Waals surface area contributed by atoms with Gasteiger partial charge < -0.3 is 4.90 Å². The molecule has 9 heteroatoms. The lowest BCUT2D eigenvalue weighted by atomic mass is 10.2. The normalized spacial score (nSPS) is 13.8. The fraction of sp³-hybridized carbons (Fsp3) is 0.185. The van der Waals surface area contributed by atoms with Crippen LogP contribution in [-0.2, 0) is 17.1 Å². The van der Waals surface area contributed by atoms with Crippen LogP contribution in [0.5, 0.6) is 0 Å². The SMILES string of the molecule is O=C1CCCN1c1ccc(CSc2nc3c(sc4ncccc43)c(=O)n2Cc2ccc(Cl)cc2)cc1. The van der Waals surface area contributed by atoms with Crippen molar-refractivity contribution < 1.29 is 4.79 Å². The highest BCUT2D eigenvalue weighted by molar-refractivity contribution is 7.98. The molecular formula is C27H21ClN4O2S2. The van der Waals surface area contributed by atoms with Gasteiger partial charge in [-0.1, -0.05) is 47.6 Å². The maximum absolute atomic E-state index is 13.7. The number of amides is 1. The van der Waals surface area contributed by atoms with Crippen LogP contribution >= 0.6 is 34.7 Å². The molecule has 0 radical (unpaired) electrons. The lowest BCUT2D eigenvalue weighted by molar-refractivity contribution is -0.117. The smallest absolute Gasteiger partial charge is 0.272 e. The molecule has 0 aliphatic carbocycles. The Morgan fingerprint density at radius 2 is 1.78 bits per heavy atom. The summed E-state index contributed by atoms with van der Waals surface area (Å²) in [6.45, 7) is 1.18. The van der Waals surface area contributed by atoms with Gasteiger partial charge in [-0.05, 0) is 53.9 Å². The number of pyridine rings is 1. The lowest BCUT2D eigenvalue weighted by Gasteiger charge is -2.16. The van der Waals surface area contributed by atoms with E-state index in [1.165, 1.54) is 23.1 Å². The van der Waals surface area contributed by atoms with E-state index in [1.807, 2.05) is 65.6 Å². The van der Waals surface area contributed by atoms with E-state index in [0.29, 0.717) is 39.1 Å². The third kappa shape index (κ3) is 4.40. The molecule has 1 fully saturated rings. The molecule has 1 aliphatic rings. The first-order valence-electron chi connectivity index (χ1n) is 11.6. The van der Waals surface area contributed by atoms with E-state index >= 15 is 0 Å². The summed E-state index contributed by atoms with van der Waals surface area (Å²) >= 11 is 8.98. The van der Waals surface area contributed by atoms with Gasteiger partial charge >= 0.3 is 0 Å². The minimum atomic E-state index is -0.0663. The van der Waals surface area contributed by atoms with Crippen molar-refractivity contribution in [2.45, 2.75) is 30.3 Å². The molecule has 0 bridgehead atoms. The van der Waals surface area contributed by atoms with E-state index in [1.54, 1.807) is 10.8 Å². The summed E-state index contributed by atoms with van der Waals surface area (Å²) in [6, 6.07) is 19.4. The topological polar surface area (TPSA) is 68.1 Å². The Hall–Kier alpha value is -3.20. The van der Waals surface area contributed by atoms with Gasteiger partial charge in [-0.2, -0.15) is 0 Å². The minimum Gasteiger partial charge on any atom is -0.312 e. The largest absolute Gasteiger partial charge is 0.312 e. The molecule has 0 N–H and O–H groups in total. The summed E-state index contributed by atoms with van der Waals surface area (Å²) in [5.74, 6) is 0.825. The number of thioether (sulfide) groups is 1. The number of carbonyl (C=O) groups is 1. The van der Waals surface area contributed by atoms with Crippen LogP contribution in [0.15, 0.2) is 76.8 Å². The molecule has 36 heavy (non-hydrogen) atoms. The standard InChI is InChI=1S/C27H21ClN4O2S2/c28-19-9-5-17(6-10-19)15-32-26(34)24-23(21-3-1-13-29-25(21)36-24)30-27(32)35-16-18-7-11-20(12-8-18)31-14-2-4-22(31)33/h1,3,5-13H,2,4,14-16H2. The lowest BCUT2D eigenvalue weighted by Crippen LogP contribution is -2.23. The van der Waals surface area contributed by atoms with Crippen molar-refractivity contribution >= 4 is 66.7 Å². The second-order valence-corrected chi connectivity index (χ2v) is 11.0. The van der Waals surface area contributed by atoms with Gasteiger partial charge in [-0.25, -0.2) is 9.97 Å². The molecule has 3 aromatic heterocycles. The first-order chi connectivity index (χ1) is 17.6. The zero-order chi connectivity index (χ0) is 24.6. The molecule has 1 amide bonds. The molecule has 6 rings (SSSR count). The van der Waals surface area contributed by atoms with E-state index in [4.69, 9.17) is 16.6 Å². The summed E-state index contributed by atoms with van der Waals surface area (Å²) in [4.78, 5) is 37.8. The fourth-order valence-corrected chi connectivity index (χ4v) is 6.51. The number of rotatable bonds is 6. The maximum Gasteiger partial charge on any atom is 0.272 e. The Bertz CT molecular complexity index is 1650. The van der Waals surface area contributed by atoms with E-state index in [0.717, 1.165) is 40.0 Å². The monoisotopic (exact) mass is 532 g/mol. The van der Waals surface area contributed by atoms with E-state index in [9.17, 15) is 9.59 Å². The fourth-order valence-electron chi connectivity index (χ4n) is 4.40. The number of hydrogen-bond acceptors (Lipinski definition) is 6.